The number of rotatable bonds is 2. The smallest absolute Gasteiger partial charge is 0.352 e. The van der Waals surface area contributed by atoms with E-state index in [2.05, 4.69) is 12.6 Å². The van der Waals surface area contributed by atoms with Crippen LogP contribution in [0.2, 0.25) is 0 Å². The van der Waals surface area contributed by atoms with Crippen LogP contribution < -0.4 is 0 Å². The molecule has 0 spiro atoms. The zero-order valence-electron chi connectivity index (χ0n) is 7.67. The Hall–Kier alpha value is -0.970. The predicted octanol–water partition coefficient (Wildman–Crippen LogP) is 0.504. The van der Waals surface area contributed by atoms with E-state index in [1.807, 2.05) is 6.92 Å². The number of β-lactam (4-membered cyclic amide) rings is 1. The highest BCUT2D eigenvalue weighted by molar-refractivity contribution is 7.81. The average molecular weight is 213 g/mol. The van der Waals surface area contributed by atoms with E-state index in [-0.39, 0.29) is 28.8 Å². The van der Waals surface area contributed by atoms with Crippen LogP contribution in [0.25, 0.3) is 0 Å². The lowest BCUT2D eigenvalue weighted by Gasteiger charge is -2.44. The zero-order valence-corrected chi connectivity index (χ0v) is 8.57. The zero-order chi connectivity index (χ0) is 10.5. The Bertz CT molecular complexity index is 339. The van der Waals surface area contributed by atoms with Gasteiger partial charge in [0.25, 0.3) is 0 Å². The van der Waals surface area contributed by atoms with Crippen LogP contribution in [0, 0.1) is 5.92 Å². The van der Waals surface area contributed by atoms with Gasteiger partial charge in [-0.1, -0.05) is 6.92 Å². The van der Waals surface area contributed by atoms with Gasteiger partial charge in [0.2, 0.25) is 5.91 Å². The lowest BCUT2D eigenvalue weighted by atomic mass is 9.85. The molecular weight excluding hydrogens is 202 g/mol. The van der Waals surface area contributed by atoms with Crippen molar-refractivity contribution in [2.45, 2.75) is 24.6 Å². The molecule has 2 heterocycles. The summed E-state index contributed by atoms with van der Waals surface area (Å²) >= 11 is 4.27. The highest BCUT2D eigenvalue weighted by Gasteiger charge is 2.54. The maximum atomic E-state index is 11.5. The number of thiol groups is 1. The van der Waals surface area contributed by atoms with Crippen LogP contribution in [0.3, 0.4) is 0 Å². The van der Waals surface area contributed by atoms with Crippen molar-refractivity contribution in [2.24, 2.45) is 5.92 Å². The van der Waals surface area contributed by atoms with Gasteiger partial charge in [-0.15, -0.1) is 0 Å². The number of amides is 1. The van der Waals surface area contributed by atoms with Gasteiger partial charge in [-0.3, -0.25) is 4.79 Å². The molecule has 0 aliphatic carbocycles. The molecule has 0 aromatic carbocycles. The molecule has 2 aliphatic heterocycles. The van der Waals surface area contributed by atoms with E-state index in [0.29, 0.717) is 0 Å². The summed E-state index contributed by atoms with van der Waals surface area (Å²) in [5.74, 6) is -1.18. The molecular formula is C9H11NO3S. The Morgan fingerprint density at radius 2 is 2.36 bits per heavy atom. The van der Waals surface area contributed by atoms with Crippen molar-refractivity contribution in [3.05, 3.63) is 11.8 Å². The maximum absolute atomic E-state index is 11.5. The Balaban J connectivity index is 2.26. The average Bonchev–Trinajstić information content (AvgIpc) is 2.41. The number of aliphatic carboxylic acids is 1. The van der Waals surface area contributed by atoms with E-state index in [9.17, 15) is 9.59 Å². The quantitative estimate of drug-likeness (QED) is 0.519. The Kier molecular flexibility index (Phi) is 2.06. The molecule has 5 heteroatoms. The van der Waals surface area contributed by atoms with Crippen LogP contribution >= 0.6 is 12.6 Å². The lowest BCUT2D eigenvalue weighted by molar-refractivity contribution is -0.154. The summed E-state index contributed by atoms with van der Waals surface area (Å²) in [4.78, 5) is 23.7. The Labute approximate surface area is 87.0 Å². The first-order valence-corrected chi connectivity index (χ1v) is 5.05. The summed E-state index contributed by atoms with van der Waals surface area (Å²) in [6.07, 6.45) is 2.29. The molecule has 76 valence electrons. The van der Waals surface area contributed by atoms with Crippen molar-refractivity contribution in [1.29, 1.82) is 0 Å². The van der Waals surface area contributed by atoms with E-state index < -0.39 is 5.97 Å². The number of carbonyl (C=O) groups is 2. The molecule has 1 saturated heterocycles. The van der Waals surface area contributed by atoms with Crippen LogP contribution in [-0.2, 0) is 9.59 Å². The molecule has 1 amide bonds. The van der Waals surface area contributed by atoms with Gasteiger partial charge in [-0.25, -0.2) is 4.79 Å². The van der Waals surface area contributed by atoms with Gasteiger partial charge < -0.3 is 10.0 Å². The molecule has 0 aromatic heterocycles. The first kappa shape index (κ1) is 9.58. The van der Waals surface area contributed by atoms with E-state index in [4.69, 9.17) is 5.11 Å². The second-order valence-electron chi connectivity index (χ2n) is 3.56. The fourth-order valence-electron chi connectivity index (χ4n) is 2.17. The van der Waals surface area contributed by atoms with Gasteiger partial charge in [0, 0.05) is 5.25 Å². The topological polar surface area (TPSA) is 57.6 Å². The van der Waals surface area contributed by atoms with Gasteiger partial charge >= 0.3 is 5.97 Å². The Morgan fingerprint density at radius 1 is 1.71 bits per heavy atom. The number of hydrogen-bond donors (Lipinski definition) is 2. The van der Waals surface area contributed by atoms with Crippen molar-refractivity contribution >= 4 is 24.5 Å². The summed E-state index contributed by atoms with van der Waals surface area (Å²) in [5, 5.41) is 8.70. The fraction of sp³-hybridized carbons (Fsp3) is 0.556. The number of carboxylic acid groups (broad SMARTS) is 1. The van der Waals surface area contributed by atoms with E-state index in [1.54, 1.807) is 6.08 Å². The summed E-state index contributed by atoms with van der Waals surface area (Å²) < 4.78 is 0. The summed E-state index contributed by atoms with van der Waals surface area (Å²) in [5.41, 5.74) is 0.0877. The third-order valence-electron chi connectivity index (χ3n) is 2.86. The fourth-order valence-corrected chi connectivity index (χ4v) is 2.65. The van der Waals surface area contributed by atoms with Crippen molar-refractivity contribution in [3.8, 4) is 0 Å². The third-order valence-corrected chi connectivity index (χ3v) is 3.32. The minimum atomic E-state index is -1.05. The minimum absolute atomic E-state index is 0.0399. The molecule has 2 aliphatic rings. The molecule has 3 atom stereocenters. The normalized spacial score (nSPS) is 35.0. The number of hydrogen-bond acceptors (Lipinski definition) is 3. The molecule has 0 bridgehead atoms. The van der Waals surface area contributed by atoms with Gasteiger partial charge in [0.05, 0.1) is 12.0 Å². The summed E-state index contributed by atoms with van der Waals surface area (Å²) in [7, 11) is 0. The van der Waals surface area contributed by atoms with E-state index >= 15 is 0 Å². The summed E-state index contributed by atoms with van der Waals surface area (Å²) in [6, 6.07) is -0.0399. The SMILES string of the molecule is CCC1C(=O)N2C(C(=O)O)=CC(S)C12. The minimum Gasteiger partial charge on any atom is -0.477 e. The van der Waals surface area contributed by atoms with Crippen molar-refractivity contribution in [3.63, 3.8) is 0 Å². The number of carbonyl (C=O) groups excluding carboxylic acids is 1. The van der Waals surface area contributed by atoms with Gasteiger partial charge in [0.1, 0.15) is 5.70 Å². The van der Waals surface area contributed by atoms with Crippen molar-refractivity contribution in [1.82, 2.24) is 4.90 Å². The van der Waals surface area contributed by atoms with Crippen molar-refractivity contribution < 1.29 is 14.7 Å². The maximum Gasteiger partial charge on any atom is 0.352 e. The molecule has 2 rings (SSSR count). The van der Waals surface area contributed by atoms with Crippen LogP contribution in [0.15, 0.2) is 11.8 Å². The van der Waals surface area contributed by atoms with Gasteiger partial charge in [-0.2, -0.15) is 12.6 Å². The lowest BCUT2D eigenvalue weighted by Crippen LogP contribution is -2.60. The molecule has 1 fully saturated rings. The second kappa shape index (κ2) is 3.02. The van der Waals surface area contributed by atoms with Gasteiger partial charge in [0.15, 0.2) is 0 Å². The Morgan fingerprint density at radius 3 is 2.86 bits per heavy atom. The van der Waals surface area contributed by atoms with Crippen LogP contribution in [0.1, 0.15) is 13.3 Å². The molecule has 1 N–H and O–H groups in total. The number of carboxylic acids is 1. The van der Waals surface area contributed by atoms with Crippen molar-refractivity contribution in [2.75, 3.05) is 0 Å². The molecule has 3 unspecified atom stereocenters. The van der Waals surface area contributed by atoms with Crippen LogP contribution in [0.5, 0.6) is 0 Å². The number of fused-ring (bicyclic) bond motifs is 1. The highest BCUT2D eigenvalue weighted by atomic mass is 32.1. The predicted molar refractivity (Wildman–Crippen MR) is 52.9 cm³/mol. The standard InChI is InChI=1S/C9H11NO3S/c1-2-4-7-6(14)3-5(9(12)13)10(7)8(4)11/h3-4,6-7,14H,2H2,1H3,(H,12,13). The number of nitrogens with zero attached hydrogens (tertiary/aromatic N) is 1. The molecule has 0 radical (unpaired) electrons. The molecule has 14 heavy (non-hydrogen) atoms. The highest BCUT2D eigenvalue weighted by Crippen LogP contribution is 2.42. The molecule has 4 nitrogen and oxygen atoms in total. The molecule has 0 aromatic rings. The summed E-state index contributed by atoms with van der Waals surface area (Å²) in [6.45, 7) is 1.93. The third kappa shape index (κ3) is 1.02. The van der Waals surface area contributed by atoms with E-state index in [1.165, 1.54) is 4.90 Å². The van der Waals surface area contributed by atoms with E-state index in [0.717, 1.165) is 6.42 Å². The monoisotopic (exact) mass is 213 g/mol. The second-order valence-corrected chi connectivity index (χ2v) is 4.16. The van der Waals surface area contributed by atoms with Crippen LogP contribution in [0.4, 0.5) is 0 Å². The first-order chi connectivity index (χ1) is 6.57. The first-order valence-electron chi connectivity index (χ1n) is 4.54. The van der Waals surface area contributed by atoms with Crippen LogP contribution in [-0.4, -0.2) is 33.2 Å². The van der Waals surface area contributed by atoms with Gasteiger partial charge in [-0.05, 0) is 12.5 Å². The largest absolute Gasteiger partial charge is 0.477 e. The molecule has 0 saturated carbocycles.